The van der Waals surface area contributed by atoms with Gasteiger partial charge in [-0.05, 0) is 18.2 Å². The standard InChI is InChI=1S/C16H13N5O4/c1-25-15-10-11(6-7-14(15)21(23)24)16(22)18-12-4-2-3-5-13(12)20-9-8-17-19-20/h2-10H,1H3,(H,18,22). The minimum atomic E-state index is -0.569. The Labute approximate surface area is 142 Å². The predicted molar refractivity (Wildman–Crippen MR) is 89.0 cm³/mol. The number of carbonyl (C=O) groups is 1. The number of nitrogens with zero attached hydrogens (tertiary/aromatic N) is 4. The molecule has 0 spiro atoms. The Balaban J connectivity index is 1.90. The molecule has 9 heteroatoms. The Hall–Kier alpha value is -3.75. The van der Waals surface area contributed by atoms with E-state index in [0.29, 0.717) is 11.4 Å². The van der Waals surface area contributed by atoms with E-state index in [-0.39, 0.29) is 17.0 Å². The first-order valence-corrected chi connectivity index (χ1v) is 7.19. The summed E-state index contributed by atoms with van der Waals surface area (Å²) >= 11 is 0. The second kappa shape index (κ2) is 6.79. The van der Waals surface area contributed by atoms with E-state index < -0.39 is 10.8 Å². The normalized spacial score (nSPS) is 10.3. The molecule has 0 aliphatic rings. The highest BCUT2D eigenvalue weighted by Gasteiger charge is 2.18. The van der Waals surface area contributed by atoms with E-state index in [9.17, 15) is 14.9 Å². The molecule has 25 heavy (non-hydrogen) atoms. The van der Waals surface area contributed by atoms with Crippen molar-refractivity contribution in [2.45, 2.75) is 0 Å². The quantitative estimate of drug-likeness (QED) is 0.564. The summed E-state index contributed by atoms with van der Waals surface area (Å²) in [4.78, 5) is 22.9. The Bertz CT molecular complexity index is 924. The average molecular weight is 339 g/mol. The van der Waals surface area contributed by atoms with Crippen molar-refractivity contribution in [3.8, 4) is 11.4 Å². The molecule has 2 aromatic carbocycles. The fourth-order valence-corrected chi connectivity index (χ4v) is 2.28. The summed E-state index contributed by atoms with van der Waals surface area (Å²) in [6, 6.07) is 11.0. The van der Waals surface area contributed by atoms with E-state index in [4.69, 9.17) is 4.74 Å². The fourth-order valence-electron chi connectivity index (χ4n) is 2.28. The number of nitro benzene ring substituents is 1. The molecule has 0 unspecified atom stereocenters. The van der Waals surface area contributed by atoms with Crippen LogP contribution in [-0.2, 0) is 0 Å². The monoisotopic (exact) mass is 339 g/mol. The van der Waals surface area contributed by atoms with Crippen LogP contribution in [0.2, 0.25) is 0 Å². The fraction of sp³-hybridized carbons (Fsp3) is 0.0625. The number of methoxy groups -OCH3 is 1. The lowest BCUT2D eigenvalue weighted by molar-refractivity contribution is -0.385. The van der Waals surface area contributed by atoms with E-state index >= 15 is 0 Å². The molecule has 1 N–H and O–H groups in total. The zero-order valence-corrected chi connectivity index (χ0v) is 13.1. The van der Waals surface area contributed by atoms with Gasteiger partial charge < -0.3 is 10.1 Å². The zero-order chi connectivity index (χ0) is 17.8. The topological polar surface area (TPSA) is 112 Å². The van der Waals surface area contributed by atoms with Crippen molar-refractivity contribution >= 4 is 17.3 Å². The van der Waals surface area contributed by atoms with Gasteiger partial charge in [-0.25, -0.2) is 4.68 Å². The zero-order valence-electron chi connectivity index (χ0n) is 13.1. The number of hydrogen-bond acceptors (Lipinski definition) is 6. The Morgan fingerprint density at radius 3 is 2.76 bits per heavy atom. The summed E-state index contributed by atoms with van der Waals surface area (Å²) < 4.78 is 6.51. The molecule has 0 saturated heterocycles. The van der Waals surface area contributed by atoms with Crippen molar-refractivity contribution in [1.29, 1.82) is 0 Å². The average Bonchev–Trinajstić information content (AvgIpc) is 3.16. The van der Waals surface area contributed by atoms with Crippen LogP contribution in [0.5, 0.6) is 5.75 Å². The number of anilines is 1. The molecule has 0 aliphatic carbocycles. The van der Waals surface area contributed by atoms with E-state index in [0.717, 1.165) is 0 Å². The highest BCUT2D eigenvalue weighted by atomic mass is 16.6. The molecule has 9 nitrogen and oxygen atoms in total. The molecule has 3 rings (SSSR count). The van der Waals surface area contributed by atoms with Crippen LogP contribution in [0.1, 0.15) is 10.4 Å². The lowest BCUT2D eigenvalue weighted by Crippen LogP contribution is -2.14. The lowest BCUT2D eigenvalue weighted by Gasteiger charge is -2.11. The summed E-state index contributed by atoms with van der Waals surface area (Å²) in [5.74, 6) is -0.414. The molecule has 0 fully saturated rings. The van der Waals surface area contributed by atoms with Crippen LogP contribution >= 0.6 is 0 Å². The first-order valence-electron chi connectivity index (χ1n) is 7.19. The van der Waals surface area contributed by atoms with Crippen LogP contribution in [0.3, 0.4) is 0 Å². The van der Waals surface area contributed by atoms with Crippen molar-refractivity contribution in [2.24, 2.45) is 0 Å². The SMILES string of the molecule is COc1cc(C(=O)Nc2ccccc2-n2ccnn2)ccc1[N+](=O)[O-]. The van der Waals surface area contributed by atoms with Gasteiger partial charge in [0.2, 0.25) is 0 Å². The summed E-state index contributed by atoms with van der Waals surface area (Å²) in [6.07, 6.45) is 3.18. The third kappa shape index (κ3) is 3.29. The van der Waals surface area contributed by atoms with Gasteiger partial charge in [0.05, 0.1) is 35.8 Å². The number of para-hydroxylation sites is 2. The van der Waals surface area contributed by atoms with Crippen LogP contribution in [-0.4, -0.2) is 32.9 Å². The maximum Gasteiger partial charge on any atom is 0.310 e. The molecule has 1 heterocycles. The molecular formula is C16H13N5O4. The molecule has 0 saturated carbocycles. The molecule has 0 bridgehead atoms. The third-order valence-corrected chi connectivity index (χ3v) is 3.46. The van der Waals surface area contributed by atoms with Gasteiger partial charge in [-0.15, -0.1) is 5.10 Å². The van der Waals surface area contributed by atoms with E-state index in [1.807, 2.05) is 6.07 Å². The second-order valence-corrected chi connectivity index (χ2v) is 4.96. The molecule has 0 radical (unpaired) electrons. The molecular weight excluding hydrogens is 326 g/mol. The van der Waals surface area contributed by atoms with Gasteiger partial charge in [0.15, 0.2) is 5.75 Å². The van der Waals surface area contributed by atoms with Crippen LogP contribution in [0.4, 0.5) is 11.4 Å². The Morgan fingerprint density at radius 1 is 1.28 bits per heavy atom. The summed E-state index contributed by atoms with van der Waals surface area (Å²) in [5, 5.41) is 21.4. The minimum absolute atomic E-state index is 0.0159. The van der Waals surface area contributed by atoms with Gasteiger partial charge in [-0.3, -0.25) is 14.9 Å². The third-order valence-electron chi connectivity index (χ3n) is 3.46. The number of carbonyl (C=O) groups excluding carboxylic acids is 1. The Kier molecular flexibility index (Phi) is 4.38. The van der Waals surface area contributed by atoms with Crippen LogP contribution in [0.15, 0.2) is 54.9 Å². The van der Waals surface area contributed by atoms with Gasteiger partial charge in [-0.1, -0.05) is 17.3 Å². The first kappa shape index (κ1) is 16.1. The van der Waals surface area contributed by atoms with Crippen LogP contribution in [0, 0.1) is 10.1 Å². The van der Waals surface area contributed by atoms with Crippen molar-refractivity contribution in [3.05, 3.63) is 70.5 Å². The van der Waals surface area contributed by atoms with Gasteiger partial charge in [-0.2, -0.15) is 0 Å². The van der Waals surface area contributed by atoms with Crippen molar-refractivity contribution in [1.82, 2.24) is 15.0 Å². The highest BCUT2D eigenvalue weighted by molar-refractivity contribution is 6.05. The van der Waals surface area contributed by atoms with Crippen LogP contribution < -0.4 is 10.1 Å². The minimum Gasteiger partial charge on any atom is -0.490 e. The summed E-state index contributed by atoms with van der Waals surface area (Å²) in [5.41, 5.74) is 1.19. The molecule has 0 atom stereocenters. The number of benzene rings is 2. The van der Waals surface area contributed by atoms with Gasteiger partial charge >= 0.3 is 5.69 Å². The number of nitrogens with one attached hydrogen (secondary N) is 1. The maximum atomic E-state index is 12.5. The number of nitro groups is 1. The summed E-state index contributed by atoms with van der Waals surface area (Å²) in [6.45, 7) is 0. The molecule has 1 aromatic heterocycles. The van der Waals surface area contributed by atoms with Crippen molar-refractivity contribution in [2.75, 3.05) is 12.4 Å². The van der Waals surface area contributed by atoms with E-state index in [1.165, 1.54) is 36.2 Å². The van der Waals surface area contributed by atoms with Gasteiger partial charge in [0, 0.05) is 17.7 Å². The molecule has 0 aliphatic heterocycles. The highest BCUT2D eigenvalue weighted by Crippen LogP contribution is 2.28. The largest absolute Gasteiger partial charge is 0.490 e. The lowest BCUT2D eigenvalue weighted by atomic mass is 10.1. The van der Waals surface area contributed by atoms with Gasteiger partial charge in [0.1, 0.15) is 0 Å². The second-order valence-electron chi connectivity index (χ2n) is 4.96. The number of amides is 1. The van der Waals surface area contributed by atoms with Gasteiger partial charge in [0.25, 0.3) is 5.91 Å². The van der Waals surface area contributed by atoms with Crippen LogP contribution in [0.25, 0.3) is 5.69 Å². The first-order chi connectivity index (χ1) is 12.1. The number of ether oxygens (including phenoxy) is 1. The maximum absolute atomic E-state index is 12.5. The molecule has 126 valence electrons. The smallest absolute Gasteiger partial charge is 0.310 e. The predicted octanol–water partition coefficient (Wildman–Crippen LogP) is 2.44. The van der Waals surface area contributed by atoms with Crippen molar-refractivity contribution in [3.63, 3.8) is 0 Å². The molecule has 3 aromatic rings. The van der Waals surface area contributed by atoms with E-state index in [1.54, 1.807) is 24.4 Å². The molecule has 1 amide bonds. The van der Waals surface area contributed by atoms with E-state index in [2.05, 4.69) is 15.6 Å². The summed E-state index contributed by atoms with van der Waals surface area (Å²) in [7, 11) is 1.31. The number of rotatable bonds is 5. The Morgan fingerprint density at radius 2 is 2.08 bits per heavy atom. The van der Waals surface area contributed by atoms with Crippen molar-refractivity contribution < 1.29 is 14.5 Å². The number of aromatic nitrogens is 3. The number of hydrogen-bond donors (Lipinski definition) is 1.